The summed E-state index contributed by atoms with van der Waals surface area (Å²) in [5.41, 5.74) is 1.51. The number of benzene rings is 2. The summed E-state index contributed by atoms with van der Waals surface area (Å²) in [6.45, 7) is 0. The van der Waals surface area contributed by atoms with Gasteiger partial charge in [0, 0.05) is 11.6 Å². The van der Waals surface area contributed by atoms with Crippen molar-refractivity contribution in [3.8, 4) is 0 Å². The third kappa shape index (κ3) is 4.57. The van der Waals surface area contributed by atoms with Gasteiger partial charge >= 0.3 is 0 Å². The molecule has 4 rings (SSSR count). The monoisotopic (exact) mass is 408 g/mol. The molecule has 148 valence electrons. The van der Waals surface area contributed by atoms with Crippen molar-refractivity contribution >= 4 is 35.0 Å². The quantitative estimate of drug-likeness (QED) is 0.409. The molecular weight excluding hydrogens is 388 g/mol. The second-order valence-corrected chi connectivity index (χ2v) is 7.63. The third-order valence-corrected chi connectivity index (χ3v) is 5.39. The highest BCUT2D eigenvalue weighted by Crippen LogP contribution is 2.39. The Labute approximate surface area is 171 Å². The molecule has 2 aromatic carbocycles. The summed E-state index contributed by atoms with van der Waals surface area (Å²) >= 11 is 1.21. The summed E-state index contributed by atoms with van der Waals surface area (Å²) in [4.78, 5) is 25.0. The number of hydrogen-bond acceptors (Lipinski definition) is 6. The Hall–Kier alpha value is -3.33. The molecule has 1 heterocycles. The van der Waals surface area contributed by atoms with Crippen molar-refractivity contribution in [2.24, 2.45) is 0 Å². The number of carbonyl (C=O) groups is 2. The molecule has 0 aliphatic heterocycles. The third-order valence-electron chi connectivity index (χ3n) is 4.44. The van der Waals surface area contributed by atoms with E-state index in [4.69, 9.17) is 5.84 Å². The van der Waals surface area contributed by atoms with E-state index in [-0.39, 0.29) is 17.6 Å². The Bertz CT molecular complexity index is 1030. The van der Waals surface area contributed by atoms with Crippen LogP contribution in [0.1, 0.15) is 34.9 Å². The summed E-state index contributed by atoms with van der Waals surface area (Å²) in [5, 5.41) is 14.3. The van der Waals surface area contributed by atoms with Gasteiger partial charge in [-0.15, -0.1) is 10.2 Å². The minimum absolute atomic E-state index is 0.106. The first-order valence-electron chi connectivity index (χ1n) is 9.20. The SMILES string of the molecule is Nn1c(SCC(=O)Nc2ccccc2C(=O)Nc2ccccc2)nnc1C1CC1. The van der Waals surface area contributed by atoms with E-state index in [0.29, 0.717) is 28.0 Å². The zero-order chi connectivity index (χ0) is 20.2. The number of carbonyl (C=O) groups excluding carboxylic acids is 2. The van der Waals surface area contributed by atoms with Gasteiger partial charge in [0.2, 0.25) is 11.1 Å². The molecule has 4 N–H and O–H groups in total. The lowest BCUT2D eigenvalue weighted by Gasteiger charge is -2.11. The minimum Gasteiger partial charge on any atom is -0.336 e. The van der Waals surface area contributed by atoms with Crippen LogP contribution in [0, 0.1) is 0 Å². The molecule has 9 heteroatoms. The van der Waals surface area contributed by atoms with E-state index in [9.17, 15) is 9.59 Å². The van der Waals surface area contributed by atoms with E-state index >= 15 is 0 Å². The molecule has 0 bridgehead atoms. The Morgan fingerprint density at radius 2 is 1.76 bits per heavy atom. The number of para-hydroxylation sites is 2. The van der Waals surface area contributed by atoms with E-state index < -0.39 is 0 Å². The van der Waals surface area contributed by atoms with Crippen LogP contribution in [0.4, 0.5) is 11.4 Å². The average Bonchev–Trinajstić information content (AvgIpc) is 3.50. The van der Waals surface area contributed by atoms with Gasteiger partial charge in [-0.25, -0.2) is 4.68 Å². The number of nitrogen functional groups attached to an aromatic ring is 1. The largest absolute Gasteiger partial charge is 0.336 e. The summed E-state index contributed by atoms with van der Waals surface area (Å²) in [7, 11) is 0. The number of nitrogens with two attached hydrogens (primary N) is 1. The highest BCUT2D eigenvalue weighted by molar-refractivity contribution is 7.99. The molecule has 8 nitrogen and oxygen atoms in total. The highest BCUT2D eigenvalue weighted by atomic mass is 32.2. The van der Waals surface area contributed by atoms with Crippen LogP contribution in [-0.2, 0) is 4.79 Å². The molecule has 0 atom stereocenters. The van der Waals surface area contributed by atoms with Crippen LogP contribution in [0.15, 0.2) is 59.8 Å². The Morgan fingerprint density at radius 1 is 1.03 bits per heavy atom. The smallest absolute Gasteiger partial charge is 0.257 e. The van der Waals surface area contributed by atoms with Crippen molar-refractivity contribution in [2.75, 3.05) is 22.2 Å². The molecule has 2 amide bonds. The molecule has 1 saturated carbocycles. The second kappa shape index (κ2) is 8.36. The van der Waals surface area contributed by atoms with Gasteiger partial charge in [-0.1, -0.05) is 42.1 Å². The van der Waals surface area contributed by atoms with Gasteiger partial charge in [-0.3, -0.25) is 9.59 Å². The normalized spacial score (nSPS) is 13.1. The van der Waals surface area contributed by atoms with Crippen LogP contribution in [-0.4, -0.2) is 32.4 Å². The van der Waals surface area contributed by atoms with E-state index in [0.717, 1.165) is 18.7 Å². The lowest BCUT2D eigenvalue weighted by Crippen LogP contribution is -2.20. The lowest BCUT2D eigenvalue weighted by molar-refractivity contribution is -0.113. The Kier molecular flexibility index (Phi) is 5.48. The van der Waals surface area contributed by atoms with Crippen LogP contribution >= 0.6 is 11.8 Å². The van der Waals surface area contributed by atoms with Crippen molar-refractivity contribution in [3.63, 3.8) is 0 Å². The molecule has 0 spiro atoms. The van der Waals surface area contributed by atoms with E-state index in [1.54, 1.807) is 36.4 Å². The first-order valence-corrected chi connectivity index (χ1v) is 10.2. The van der Waals surface area contributed by atoms with Gasteiger partial charge in [0.25, 0.3) is 5.91 Å². The number of aromatic nitrogens is 3. The number of nitrogens with zero attached hydrogens (tertiary/aromatic N) is 3. The first-order chi connectivity index (χ1) is 14.1. The maximum absolute atomic E-state index is 12.6. The maximum Gasteiger partial charge on any atom is 0.257 e. The summed E-state index contributed by atoms with van der Waals surface area (Å²) < 4.78 is 1.46. The van der Waals surface area contributed by atoms with Gasteiger partial charge in [-0.2, -0.15) is 0 Å². The fraction of sp³-hybridized carbons (Fsp3) is 0.200. The molecule has 0 unspecified atom stereocenters. The average molecular weight is 408 g/mol. The fourth-order valence-corrected chi connectivity index (χ4v) is 3.50. The second-order valence-electron chi connectivity index (χ2n) is 6.69. The molecule has 3 aromatic rings. The van der Waals surface area contributed by atoms with Gasteiger partial charge in [0.1, 0.15) is 0 Å². The maximum atomic E-state index is 12.6. The highest BCUT2D eigenvalue weighted by Gasteiger charge is 2.30. The number of thioether (sulfide) groups is 1. The summed E-state index contributed by atoms with van der Waals surface area (Å²) in [6.07, 6.45) is 2.14. The summed E-state index contributed by atoms with van der Waals surface area (Å²) in [6, 6.07) is 16.0. The van der Waals surface area contributed by atoms with Crippen molar-refractivity contribution in [1.82, 2.24) is 14.9 Å². The van der Waals surface area contributed by atoms with E-state index in [1.807, 2.05) is 18.2 Å². The number of amides is 2. The molecule has 29 heavy (non-hydrogen) atoms. The summed E-state index contributed by atoms with van der Waals surface area (Å²) in [5.74, 6) is 6.70. The van der Waals surface area contributed by atoms with Gasteiger partial charge in [0.15, 0.2) is 5.82 Å². The number of rotatable bonds is 7. The molecular formula is C20H20N6O2S. The molecule has 1 aromatic heterocycles. The van der Waals surface area contributed by atoms with Crippen LogP contribution in [0.5, 0.6) is 0 Å². The predicted octanol–water partition coefficient (Wildman–Crippen LogP) is 2.85. The van der Waals surface area contributed by atoms with Crippen molar-refractivity contribution in [1.29, 1.82) is 0 Å². The molecule has 0 radical (unpaired) electrons. The number of nitrogens with one attached hydrogen (secondary N) is 2. The number of anilines is 2. The van der Waals surface area contributed by atoms with Crippen LogP contribution < -0.4 is 16.5 Å². The standard InChI is InChI=1S/C20H20N6O2S/c21-26-18(13-10-11-13)24-25-20(26)29-12-17(27)23-16-9-5-4-8-15(16)19(28)22-14-6-2-1-3-7-14/h1-9,13H,10-12,21H2,(H,22,28)(H,23,27). The topological polar surface area (TPSA) is 115 Å². The fourth-order valence-electron chi connectivity index (χ4n) is 2.83. The molecule has 0 saturated heterocycles. The van der Waals surface area contributed by atoms with Crippen molar-refractivity contribution < 1.29 is 9.59 Å². The van der Waals surface area contributed by atoms with E-state index in [2.05, 4.69) is 20.8 Å². The van der Waals surface area contributed by atoms with Gasteiger partial charge in [-0.05, 0) is 37.1 Å². The van der Waals surface area contributed by atoms with E-state index in [1.165, 1.54) is 16.4 Å². The van der Waals surface area contributed by atoms with Crippen molar-refractivity contribution in [3.05, 3.63) is 66.0 Å². The van der Waals surface area contributed by atoms with Gasteiger partial charge < -0.3 is 16.5 Å². The zero-order valence-electron chi connectivity index (χ0n) is 15.5. The zero-order valence-corrected chi connectivity index (χ0v) is 16.4. The van der Waals surface area contributed by atoms with Crippen LogP contribution in [0.2, 0.25) is 0 Å². The first kappa shape index (κ1) is 19.0. The lowest BCUT2D eigenvalue weighted by atomic mass is 10.1. The predicted molar refractivity (Wildman–Crippen MR) is 112 cm³/mol. The van der Waals surface area contributed by atoms with Crippen molar-refractivity contribution in [2.45, 2.75) is 23.9 Å². The minimum atomic E-state index is -0.296. The molecule has 1 aliphatic rings. The van der Waals surface area contributed by atoms with Crippen LogP contribution in [0.3, 0.4) is 0 Å². The Balaban J connectivity index is 1.39. The number of hydrogen-bond donors (Lipinski definition) is 3. The van der Waals surface area contributed by atoms with Crippen LogP contribution in [0.25, 0.3) is 0 Å². The molecule has 1 fully saturated rings. The van der Waals surface area contributed by atoms with Gasteiger partial charge in [0.05, 0.1) is 17.0 Å². The molecule has 1 aliphatic carbocycles. The Morgan fingerprint density at radius 3 is 2.52 bits per heavy atom.